The summed E-state index contributed by atoms with van der Waals surface area (Å²) in [5, 5.41) is 6.71. The third-order valence-electron chi connectivity index (χ3n) is 3.49. The Kier molecular flexibility index (Phi) is 4.13. The molecule has 3 heterocycles. The lowest BCUT2D eigenvalue weighted by Gasteiger charge is -2.11. The lowest BCUT2D eigenvalue weighted by atomic mass is 10.2. The molecular formula is C16H18N4S. The van der Waals surface area contributed by atoms with Gasteiger partial charge >= 0.3 is 0 Å². The number of aryl methyl sites for hydroxylation is 1. The van der Waals surface area contributed by atoms with E-state index in [-0.39, 0.29) is 6.04 Å². The van der Waals surface area contributed by atoms with Crippen molar-refractivity contribution in [1.82, 2.24) is 19.9 Å². The van der Waals surface area contributed by atoms with Gasteiger partial charge < -0.3 is 9.88 Å². The van der Waals surface area contributed by atoms with E-state index in [0.29, 0.717) is 0 Å². The zero-order valence-electron chi connectivity index (χ0n) is 12.2. The highest BCUT2D eigenvalue weighted by Crippen LogP contribution is 2.24. The Hall–Kier alpha value is -1.98. The molecule has 21 heavy (non-hydrogen) atoms. The van der Waals surface area contributed by atoms with Crippen LogP contribution in [-0.2, 0) is 13.6 Å². The van der Waals surface area contributed by atoms with Crippen LogP contribution in [0.3, 0.4) is 0 Å². The van der Waals surface area contributed by atoms with Gasteiger partial charge in [-0.1, -0.05) is 0 Å². The molecule has 3 aromatic rings. The molecule has 5 heteroatoms. The van der Waals surface area contributed by atoms with Gasteiger partial charge in [-0.3, -0.25) is 4.98 Å². The normalized spacial score (nSPS) is 12.5. The van der Waals surface area contributed by atoms with E-state index in [1.54, 1.807) is 17.5 Å². The summed E-state index contributed by atoms with van der Waals surface area (Å²) in [7, 11) is 2.06. The van der Waals surface area contributed by atoms with Gasteiger partial charge in [-0.05, 0) is 31.2 Å². The molecule has 0 aromatic carbocycles. The quantitative estimate of drug-likeness (QED) is 0.785. The van der Waals surface area contributed by atoms with Gasteiger partial charge in [0.1, 0.15) is 5.01 Å². The molecule has 0 bridgehead atoms. The van der Waals surface area contributed by atoms with Crippen LogP contribution in [-0.4, -0.2) is 14.5 Å². The number of hydrogen-bond acceptors (Lipinski definition) is 4. The van der Waals surface area contributed by atoms with Gasteiger partial charge in [0.15, 0.2) is 0 Å². The summed E-state index contributed by atoms with van der Waals surface area (Å²) >= 11 is 1.69. The minimum atomic E-state index is 0.232. The first-order chi connectivity index (χ1) is 10.2. The highest BCUT2D eigenvalue weighted by molar-refractivity contribution is 7.10. The highest BCUT2D eigenvalue weighted by atomic mass is 32.1. The first-order valence-electron chi connectivity index (χ1n) is 6.93. The van der Waals surface area contributed by atoms with E-state index in [4.69, 9.17) is 4.98 Å². The number of hydrogen-bond donors (Lipinski definition) is 1. The lowest BCUT2D eigenvalue weighted by Crippen LogP contribution is -2.19. The zero-order valence-corrected chi connectivity index (χ0v) is 13.0. The Bertz CT molecular complexity index is 702. The topological polar surface area (TPSA) is 42.7 Å². The first-order valence-corrected chi connectivity index (χ1v) is 7.81. The van der Waals surface area contributed by atoms with Crippen LogP contribution in [0.4, 0.5) is 0 Å². The number of nitrogens with one attached hydrogen (secondary N) is 1. The molecule has 1 unspecified atom stereocenters. The van der Waals surface area contributed by atoms with Crippen LogP contribution in [0, 0.1) is 0 Å². The molecule has 1 atom stereocenters. The van der Waals surface area contributed by atoms with Crippen molar-refractivity contribution < 1.29 is 0 Å². The largest absolute Gasteiger partial charge is 0.353 e. The summed E-state index contributed by atoms with van der Waals surface area (Å²) in [5.74, 6) is 0. The molecule has 4 nitrogen and oxygen atoms in total. The average molecular weight is 298 g/mol. The molecular weight excluding hydrogens is 280 g/mol. The van der Waals surface area contributed by atoms with Crippen LogP contribution in [0.2, 0.25) is 0 Å². The van der Waals surface area contributed by atoms with Crippen molar-refractivity contribution in [2.75, 3.05) is 0 Å². The average Bonchev–Trinajstić information content (AvgIpc) is 3.15. The van der Waals surface area contributed by atoms with Crippen LogP contribution in [0.15, 0.2) is 48.2 Å². The third-order valence-corrected chi connectivity index (χ3v) is 4.52. The fourth-order valence-electron chi connectivity index (χ4n) is 2.16. The van der Waals surface area contributed by atoms with Gasteiger partial charge in [-0.2, -0.15) is 0 Å². The van der Waals surface area contributed by atoms with E-state index in [0.717, 1.165) is 22.8 Å². The first kappa shape index (κ1) is 14.0. The SMILES string of the molecule is CC(NCc1cccn1C)c1nc(-c2cccnc2)cs1. The number of nitrogens with zero attached hydrogens (tertiary/aromatic N) is 3. The molecule has 0 radical (unpaired) electrons. The molecule has 0 spiro atoms. The fraction of sp³-hybridized carbons (Fsp3) is 0.250. The minimum absolute atomic E-state index is 0.232. The third kappa shape index (κ3) is 3.20. The van der Waals surface area contributed by atoms with Crippen LogP contribution in [0.5, 0.6) is 0 Å². The zero-order chi connectivity index (χ0) is 14.7. The maximum absolute atomic E-state index is 4.71. The smallest absolute Gasteiger partial charge is 0.110 e. The van der Waals surface area contributed by atoms with Gasteiger partial charge in [-0.25, -0.2) is 4.98 Å². The second kappa shape index (κ2) is 6.20. The maximum atomic E-state index is 4.71. The predicted octanol–water partition coefficient (Wildman–Crippen LogP) is 3.39. The maximum Gasteiger partial charge on any atom is 0.110 e. The number of pyridine rings is 1. The van der Waals surface area contributed by atoms with E-state index in [2.05, 4.69) is 52.5 Å². The monoisotopic (exact) mass is 298 g/mol. The fourth-order valence-corrected chi connectivity index (χ4v) is 3.02. The van der Waals surface area contributed by atoms with Crippen LogP contribution < -0.4 is 5.32 Å². The second-order valence-electron chi connectivity index (χ2n) is 5.03. The summed E-state index contributed by atoms with van der Waals surface area (Å²) in [6.07, 6.45) is 5.69. The van der Waals surface area contributed by atoms with Crippen molar-refractivity contribution >= 4 is 11.3 Å². The van der Waals surface area contributed by atoms with Gasteiger partial charge in [0.25, 0.3) is 0 Å². The Morgan fingerprint density at radius 3 is 2.95 bits per heavy atom. The Balaban J connectivity index is 1.67. The molecule has 0 saturated carbocycles. The standard InChI is InChI=1S/C16H18N4S/c1-12(18-10-14-6-4-8-20(14)2)16-19-15(11-21-16)13-5-3-7-17-9-13/h3-9,11-12,18H,10H2,1-2H3. The lowest BCUT2D eigenvalue weighted by molar-refractivity contribution is 0.556. The van der Waals surface area contributed by atoms with Gasteiger partial charge in [0, 0.05) is 48.8 Å². The number of rotatable bonds is 5. The Morgan fingerprint density at radius 2 is 2.24 bits per heavy atom. The molecule has 0 aliphatic rings. The van der Waals surface area contributed by atoms with Gasteiger partial charge in [-0.15, -0.1) is 11.3 Å². The molecule has 3 rings (SSSR count). The van der Waals surface area contributed by atoms with E-state index in [1.165, 1.54) is 5.69 Å². The molecule has 0 saturated heterocycles. The van der Waals surface area contributed by atoms with E-state index in [1.807, 2.05) is 18.3 Å². The molecule has 0 aliphatic heterocycles. The van der Waals surface area contributed by atoms with Crippen molar-refractivity contribution in [3.05, 3.63) is 58.9 Å². The van der Waals surface area contributed by atoms with E-state index < -0.39 is 0 Å². The summed E-state index contributed by atoms with van der Waals surface area (Å²) in [6, 6.07) is 8.39. The van der Waals surface area contributed by atoms with Crippen LogP contribution >= 0.6 is 11.3 Å². The van der Waals surface area contributed by atoms with Crippen molar-refractivity contribution in [3.8, 4) is 11.3 Å². The molecule has 0 fully saturated rings. The summed E-state index contributed by atoms with van der Waals surface area (Å²) in [5.41, 5.74) is 3.33. The van der Waals surface area contributed by atoms with Crippen molar-refractivity contribution in [1.29, 1.82) is 0 Å². The minimum Gasteiger partial charge on any atom is -0.353 e. The molecule has 108 valence electrons. The number of aromatic nitrogens is 3. The summed E-state index contributed by atoms with van der Waals surface area (Å²) in [6.45, 7) is 2.99. The second-order valence-corrected chi connectivity index (χ2v) is 5.92. The van der Waals surface area contributed by atoms with Crippen molar-refractivity contribution in [2.24, 2.45) is 7.05 Å². The molecule has 0 amide bonds. The Morgan fingerprint density at radius 1 is 1.33 bits per heavy atom. The highest BCUT2D eigenvalue weighted by Gasteiger charge is 2.11. The van der Waals surface area contributed by atoms with Crippen molar-refractivity contribution in [2.45, 2.75) is 19.5 Å². The van der Waals surface area contributed by atoms with E-state index >= 15 is 0 Å². The van der Waals surface area contributed by atoms with Crippen LogP contribution in [0.1, 0.15) is 23.7 Å². The molecule has 3 aromatic heterocycles. The Labute approximate surface area is 128 Å². The van der Waals surface area contributed by atoms with E-state index in [9.17, 15) is 0 Å². The van der Waals surface area contributed by atoms with Crippen LogP contribution in [0.25, 0.3) is 11.3 Å². The van der Waals surface area contributed by atoms with Crippen molar-refractivity contribution in [3.63, 3.8) is 0 Å². The van der Waals surface area contributed by atoms with Gasteiger partial charge in [0.05, 0.1) is 11.7 Å². The number of thiazole rings is 1. The van der Waals surface area contributed by atoms with Gasteiger partial charge in [0.2, 0.25) is 0 Å². The molecule has 1 N–H and O–H groups in total. The molecule has 0 aliphatic carbocycles. The summed E-state index contributed by atoms with van der Waals surface area (Å²) in [4.78, 5) is 8.85. The predicted molar refractivity (Wildman–Crippen MR) is 86.0 cm³/mol. The summed E-state index contributed by atoms with van der Waals surface area (Å²) < 4.78 is 2.13.